The quantitative estimate of drug-likeness (QED) is 0.124. The van der Waals surface area contributed by atoms with Gasteiger partial charge in [-0.2, -0.15) is 0 Å². The van der Waals surface area contributed by atoms with Crippen molar-refractivity contribution in [1.82, 2.24) is 0 Å². The molecule has 0 N–H and O–H groups in total. The minimum absolute atomic E-state index is 0.239. The predicted octanol–water partition coefficient (Wildman–Crippen LogP) is 7.54. The Morgan fingerprint density at radius 2 is 1.45 bits per heavy atom. The Hall–Kier alpha value is -1.07. The molecule has 5 heteroatoms. The molecule has 1 rings (SSSR count). The number of hydrogen-bond donors (Lipinski definition) is 0. The largest absolute Gasteiger partial charge is 0.474 e. The minimum Gasteiger partial charge on any atom is -0.474 e. The zero-order chi connectivity index (χ0) is 23.0. The lowest BCUT2D eigenvalue weighted by molar-refractivity contribution is -0.145. The molecule has 0 saturated heterocycles. The monoisotopic (exact) mass is 452 g/mol. The molecule has 0 spiro atoms. The predicted molar refractivity (Wildman–Crippen MR) is 133 cm³/mol. The summed E-state index contributed by atoms with van der Waals surface area (Å²) in [5.74, 6) is -0.268. The highest BCUT2D eigenvalue weighted by atomic mass is 28.3. The zero-order valence-electron chi connectivity index (χ0n) is 21.0. The molecule has 1 atom stereocenters. The van der Waals surface area contributed by atoms with Gasteiger partial charge in [-0.3, -0.25) is 4.79 Å². The van der Waals surface area contributed by atoms with E-state index in [9.17, 15) is 4.79 Å². The fourth-order valence-corrected chi connectivity index (χ4v) is 7.65. The highest BCUT2D eigenvalue weighted by molar-refractivity contribution is 6.90. The Kier molecular flexibility index (Phi) is 14.9. The highest BCUT2D eigenvalue weighted by Crippen LogP contribution is 2.25. The number of esters is 1. The normalized spacial score (nSPS) is 12.8. The topological polar surface area (TPSA) is 48.7 Å². The minimum atomic E-state index is -1.56. The highest BCUT2D eigenvalue weighted by Gasteiger charge is 2.33. The first-order valence-electron chi connectivity index (χ1n) is 12.9. The van der Waals surface area contributed by atoms with Crippen LogP contribution in [0.25, 0.3) is 0 Å². The molecule has 1 aromatic rings. The molecular formula is C26H48O4Si. The van der Waals surface area contributed by atoms with Gasteiger partial charge < -0.3 is 13.9 Å². The lowest BCUT2D eigenvalue weighted by atomic mass is 10.1. The van der Waals surface area contributed by atoms with Gasteiger partial charge in [0, 0.05) is 19.1 Å². The van der Waals surface area contributed by atoms with Crippen LogP contribution in [0.15, 0.2) is 16.7 Å². The first-order chi connectivity index (χ1) is 15.0. The van der Waals surface area contributed by atoms with Crippen LogP contribution in [0.3, 0.4) is 0 Å². The Balaban J connectivity index is 2.46. The molecule has 31 heavy (non-hydrogen) atoms. The number of carbonyl (C=O) groups is 1. The van der Waals surface area contributed by atoms with Gasteiger partial charge in [0.05, 0.1) is 11.6 Å². The van der Waals surface area contributed by atoms with E-state index in [1.54, 1.807) is 0 Å². The third-order valence-corrected chi connectivity index (χ3v) is 12.2. The van der Waals surface area contributed by atoms with Crippen molar-refractivity contribution in [1.29, 1.82) is 0 Å². The van der Waals surface area contributed by atoms with Gasteiger partial charge in [-0.25, -0.2) is 0 Å². The van der Waals surface area contributed by atoms with Crippen molar-refractivity contribution in [3.05, 3.63) is 17.9 Å². The molecule has 1 heterocycles. The van der Waals surface area contributed by atoms with Crippen LogP contribution in [0.1, 0.15) is 110 Å². The second kappa shape index (κ2) is 16.5. The molecule has 0 aliphatic heterocycles. The number of hydrogen-bond acceptors (Lipinski definition) is 4. The zero-order valence-corrected chi connectivity index (χ0v) is 22.0. The lowest BCUT2D eigenvalue weighted by Gasteiger charge is -2.24. The maximum Gasteiger partial charge on any atom is 0.302 e. The van der Waals surface area contributed by atoms with Crippen LogP contribution in [-0.4, -0.2) is 27.3 Å². The molecular weight excluding hydrogens is 404 g/mol. The number of rotatable bonds is 19. The Bertz CT molecular complexity index is 571. The van der Waals surface area contributed by atoms with E-state index in [1.807, 2.05) is 6.26 Å². The average Bonchev–Trinajstić information content (AvgIpc) is 3.26. The van der Waals surface area contributed by atoms with E-state index in [0.717, 1.165) is 17.4 Å². The first-order valence-corrected chi connectivity index (χ1v) is 15.5. The van der Waals surface area contributed by atoms with Gasteiger partial charge in [-0.1, -0.05) is 104 Å². The van der Waals surface area contributed by atoms with E-state index in [-0.39, 0.29) is 18.7 Å². The van der Waals surface area contributed by atoms with Crippen molar-refractivity contribution in [3.8, 4) is 0 Å². The van der Waals surface area contributed by atoms with Gasteiger partial charge in [0.1, 0.15) is 20.8 Å². The molecule has 0 amide bonds. The fourth-order valence-electron chi connectivity index (χ4n) is 4.32. The standard InChI is InChI=1S/C26H48O4Si/c1-6-10-11-12-13-14-15-16-17-18-19-28-25(22-29-23(5)27)24-20-26(30-21-24)31(7-2,8-3)9-4/h20-21,25H,6-19,22H2,1-5H3. The average molecular weight is 453 g/mol. The number of ether oxygens (including phenoxy) is 2. The summed E-state index contributed by atoms with van der Waals surface area (Å²) >= 11 is 0. The van der Waals surface area contributed by atoms with Crippen LogP contribution in [-0.2, 0) is 14.3 Å². The summed E-state index contributed by atoms with van der Waals surface area (Å²) in [5, 5.41) is 1.16. The molecule has 0 radical (unpaired) electrons. The van der Waals surface area contributed by atoms with Crippen LogP contribution < -0.4 is 5.38 Å². The van der Waals surface area contributed by atoms with Crippen LogP contribution in [0.5, 0.6) is 0 Å². The van der Waals surface area contributed by atoms with Crippen molar-refractivity contribution in [2.45, 2.75) is 123 Å². The van der Waals surface area contributed by atoms with E-state index in [0.29, 0.717) is 6.61 Å². The maximum absolute atomic E-state index is 11.3. The summed E-state index contributed by atoms with van der Waals surface area (Å²) in [6.45, 7) is 11.5. The summed E-state index contributed by atoms with van der Waals surface area (Å²) in [4.78, 5) is 11.3. The van der Waals surface area contributed by atoms with E-state index in [1.165, 1.54) is 82.8 Å². The fraction of sp³-hybridized carbons (Fsp3) is 0.808. The van der Waals surface area contributed by atoms with Crippen molar-refractivity contribution in [2.24, 2.45) is 0 Å². The Labute approximate surface area is 192 Å². The number of carbonyl (C=O) groups excluding carboxylic acids is 1. The molecule has 0 aromatic carbocycles. The van der Waals surface area contributed by atoms with Crippen molar-refractivity contribution >= 4 is 19.4 Å². The molecule has 4 nitrogen and oxygen atoms in total. The molecule has 180 valence electrons. The molecule has 0 aliphatic carbocycles. The summed E-state index contributed by atoms with van der Waals surface area (Å²) in [6.07, 6.45) is 14.6. The smallest absolute Gasteiger partial charge is 0.302 e. The van der Waals surface area contributed by atoms with Gasteiger partial charge >= 0.3 is 5.97 Å². The van der Waals surface area contributed by atoms with Gasteiger partial charge in [-0.15, -0.1) is 0 Å². The summed E-state index contributed by atoms with van der Waals surface area (Å²) in [5.41, 5.74) is 1.01. The van der Waals surface area contributed by atoms with Crippen molar-refractivity contribution < 1.29 is 18.7 Å². The lowest BCUT2D eigenvalue weighted by Crippen LogP contribution is -2.44. The molecule has 0 bridgehead atoms. The molecule has 1 aromatic heterocycles. The van der Waals surface area contributed by atoms with Crippen LogP contribution >= 0.6 is 0 Å². The summed E-state index contributed by atoms with van der Waals surface area (Å²) in [6, 6.07) is 5.72. The third kappa shape index (κ3) is 10.4. The Morgan fingerprint density at radius 1 is 0.903 bits per heavy atom. The van der Waals surface area contributed by atoms with Crippen molar-refractivity contribution in [2.75, 3.05) is 13.2 Å². The van der Waals surface area contributed by atoms with Crippen LogP contribution in [0.2, 0.25) is 18.1 Å². The first kappa shape index (κ1) is 28.0. The van der Waals surface area contributed by atoms with E-state index in [2.05, 4.69) is 33.8 Å². The van der Waals surface area contributed by atoms with Gasteiger partial charge in [0.25, 0.3) is 0 Å². The van der Waals surface area contributed by atoms with Gasteiger partial charge in [-0.05, 0) is 12.5 Å². The second-order valence-corrected chi connectivity index (χ2v) is 14.1. The van der Waals surface area contributed by atoms with Gasteiger partial charge in [0.2, 0.25) is 0 Å². The van der Waals surface area contributed by atoms with Crippen molar-refractivity contribution in [3.63, 3.8) is 0 Å². The Morgan fingerprint density at radius 3 is 1.97 bits per heavy atom. The maximum atomic E-state index is 11.3. The summed E-state index contributed by atoms with van der Waals surface area (Å²) in [7, 11) is -1.56. The van der Waals surface area contributed by atoms with Gasteiger partial charge in [0.15, 0.2) is 0 Å². The molecule has 0 saturated carbocycles. The van der Waals surface area contributed by atoms with Crippen LogP contribution in [0, 0.1) is 0 Å². The molecule has 0 fully saturated rings. The third-order valence-electron chi connectivity index (χ3n) is 6.80. The number of unbranched alkanes of at least 4 members (excludes halogenated alkanes) is 9. The van der Waals surface area contributed by atoms with Crippen LogP contribution in [0.4, 0.5) is 0 Å². The SMILES string of the molecule is CCCCCCCCCCCCOC(COC(C)=O)c1coc([Si](CC)(CC)CC)c1. The van der Waals surface area contributed by atoms with E-state index in [4.69, 9.17) is 13.9 Å². The van der Waals surface area contributed by atoms with E-state index < -0.39 is 8.07 Å². The summed E-state index contributed by atoms with van der Waals surface area (Å²) < 4.78 is 17.5. The molecule has 0 aliphatic rings. The van der Waals surface area contributed by atoms with E-state index >= 15 is 0 Å². The second-order valence-electron chi connectivity index (χ2n) is 8.93. The molecule has 1 unspecified atom stereocenters. The number of furan rings is 1.